The van der Waals surface area contributed by atoms with Gasteiger partial charge in [0.1, 0.15) is 16.8 Å². The molecule has 0 atom stereocenters. The maximum Gasteiger partial charge on any atom is 0.257 e. The summed E-state index contributed by atoms with van der Waals surface area (Å²) in [6.45, 7) is 6.50. The molecule has 0 aliphatic carbocycles. The van der Waals surface area contributed by atoms with E-state index < -0.39 is 0 Å². The molecule has 1 aromatic heterocycles. The van der Waals surface area contributed by atoms with E-state index in [4.69, 9.17) is 17.0 Å². The van der Waals surface area contributed by atoms with E-state index in [0.717, 1.165) is 22.6 Å². The van der Waals surface area contributed by atoms with Crippen LogP contribution in [-0.4, -0.2) is 17.6 Å². The summed E-state index contributed by atoms with van der Waals surface area (Å²) in [6, 6.07) is 9.03. The van der Waals surface area contributed by atoms with Crippen LogP contribution in [0.5, 0.6) is 5.75 Å². The van der Waals surface area contributed by atoms with Gasteiger partial charge in [0, 0.05) is 10.4 Å². The number of carbonyl (C=O) groups is 1. The second kappa shape index (κ2) is 8.60. The molecule has 2 N–H and O–H groups in total. The number of hydrogen-bond acceptors (Lipinski definition) is 5. The van der Waals surface area contributed by atoms with Crippen molar-refractivity contribution in [1.82, 2.24) is 5.32 Å². The quantitative estimate of drug-likeness (QED) is 0.770. The molecule has 2 rings (SSSR count). The van der Waals surface area contributed by atoms with Gasteiger partial charge in [-0.1, -0.05) is 6.92 Å². The van der Waals surface area contributed by atoms with Crippen molar-refractivity contribution < 1.29 is 9.53 Å². The van der Waals surface area contributed by atoms with Crippen LogP contribution in [0.2, 0.25) is 0 Å². The largest absolute Gasteiger partial charge is 0.494 e. The highest BCUT2D eigenvalue weighted by Crippen LogP contribution is 2.31. The van der Waals surface area contributed by atoms with Gasteiger partial charge < -0.3 is 10.1 Å². The summed E-state index contributed by atoms with van der Waals surface area (Å²) < 4.78 is 5.49. The van der Waals surface area contributed by atoms with Gasteiger partial charge in [0.2, 0.25) is 0 Å². The van der Waals surface area contributed by atoms with E-state index in [1.807, 2.05) is 20.8 Å². The van der Waals surface area contributed by atoms with Gasteiger partial charge in [0.05, 0.1) is 12.2 Å². The van der Waals surface area contributed by atoms with Crippen LogP contribution < -0.4 is 15.4 Å². The normalized spacial score (nSPS) is 10.0. The number of thiocarbonyl (C=S) groups is 1. The van der Waals surface area contributed by atoms with Crippen LogP contribution in [0.1, 0.15) is 39.7 Å². The molecule has 0 aliphatic rings. The molecular weight excluding hydrogens is 354 g/mol. The van der Waals surface area contributed by atoms with Gasteiger partial charge in [-0.05, 0) is 62.3 Å². The number of benzene rings is 1. The molecule has 1 amide bonds. The van der Waals surface area contributed by atoms with E-state index in [-0.39, 0.29) is 11.0 Å². The van der Waals surface area contributed by atoms with Crippen molar-refractivity contribution >= 4 is 39.6 Å². The maximum absolute atomic E-state index is 12.3. The van der Waals surface area contributed by atoms with Crippen molar-refractivity contribution in [3.63, 3.8) is 0 Å². The maximum atomic E-state index is 12.3. The average Bonchev–Trinajstić information content (AvgIpc) is 2.86. The molecule has 0 aliphatic heterocycles. The molecule has 0 unspecified atom stereocenters. The summed E-state index contributed by atoms with van der Waals surface area (Å²) in [6.07, 6.45) is 0.925. The highest BCUT2D eigenvalue weighted by atomic mass is 32.1. The van der Waals surface area contributed by atoms with E-state index >= 15 is 0 Å². The summed E-state index contributed by atoms with van der Waals surface area (Å²) in [5.74, 6) is 0.408. The van der Waals surface area contributed by atoms with E-state index in [1.165, 1.54) is 11.3 Å². The van der Waals surface area contributed by atoms with Crippen LogP contribution in [0.4, 0.5) is 5.00 Å². The third-order valence-electron chi connectivity index (χ3n) is 3.54. The number of nitriles is 1. The third kappa shape index (κ3) is 4.78. The van der Waals surface area contributed by atoms with Crippen LogP contribution >= 0.6 is 23.6 Å². The molecule has 0 saturated heterocycles. The Hall–Kier alpha value is -2.43. The van der Waals surface area contributed by atoms with Crippen molar-refractivity contribution in [2.24, 2.45) is 0 Å². The molecule has 130 valence electrons. The molecule has 7 heteroatoms. The zero-order chi connectivity index (χ0) is 18.4. The Bertz CT molecular complexity index is 820. The number of aryl methyl sites for hydroxylation is 1. The van der Waals surface area contributed by atoms with E-state index in [2.05, 4.69) is 16.7 Å². The van der Waals surface area contributed by atoms with Gasteiger partial charge in [-0.15, -0.1) is 11.3 Å². The highest BCUT2D eigenvalue weighted by Gasteiger charge is 2.14. The lowest BCUT2D eigenvalue weighted by Gasteiger charge is -2.09. The average molecular weight is 374 g/mol. The number of carbonyl (C=O) groups excluding carboxylic acids is 1. The molecule has 0 radical (unpaired) electrons. The van der Waals surface area contributed by atoms with E-state index in [9.17, 15) is 10.1 Å². The SMILES string of the molecule is CCCOc1ccc(C(=O)NC(=S)Nc2sc(C)c(C)c2C#N)cc1. The van der Waals surface area contributed by atoms with Gasteiger partial charge in [-0.25, -0.2) is 0 Å². The van der Waals surface area contributed by atoms with E-state index in [0.29, 0.717) is 22.7 Å². The molecule has 0 spiro atoms. The summed E-state index contributed by atoms with van der Waals surface area (Å²) >= 11 is 6.62. The zero-order valence-electron chi connectivity index (χ0n) is 14.3. The van der Waals surface area contributed by atoms with Crippen LogP contribution in [0, 0.1) is 25.2 Å². The van der Waals surface area contributed by atoms with Crippen LogP contribution in [-0.2, 0) is 0 Å². The molecular formula is C18H19N3O2S2. The van der Waals surface area contributed by atoms with Crippen LogP contribution in [0.25, 0.3) is 0 Å². The van der Waals surface area contributed by atoms with Gasteiger partial charge in [-0.3, -0.25) is 10.1 Å². The van der Waals surface area contributed by atoms with Crippen LogP contribution in [0.15, 0.2) is 24.3 Å². The van der Waals surface area contributed by atoms with Crippen molar-refractivity contribution in [2.75, 3.05) is 11.9 Å². The number of anilines is 1. The summed E-state index contributed by atoms with van der Waals surface area (Å²) in [5, 5.41) is 15.6. The summed E-state index contributed by atoms with van der Waals surface area (Å²) in [4.78, 5) is 13.3. The number of thiophene rings is 1. The molecule has 1 aromatic carbocycles. The Balaban J connectivity index is 2.00. The fourth-order valence-corrected chi connectivity index (χ4v) is 3.36. The molecule has 0 saturated carbocycles. The van der Waals surface area contributed by atoms with Crippen molar-refractivity contribution in [2.45, 2.75) is 27.2 Å². The van der Waals surface area contributed by atoms with Crippen LogP contribution in [0.3, 0.4) is 0 Å². The number of hydrogen-bond donors (Lipinski definition) is 2. The predicted octanol–water partition coefficient (Wildman–Crippen LogP) is 4.15. The standard InChI is InChI=1S/C18H19N3O2S2/c1-4-9-23-14-7-5-13(6-8-14)16(22)20-18(24)21-17-15(10-19)11(2)12(3)25-17/h5-8H,4,9H2,1-3H3,(H2,20,21,22,24). The third-order valence-corrected chi connectivity index (χ3v) is 4.87. The zero-order valence-corrected chi connectivity index (χ0v) is 15.9. The molecule has 1 heterocycles. The summed E-state index contributed by atoms with van der Waals surface area (Å²) in [7, 11) is 0. The first kappa shape index (κ1) is 18.9. The molecule has 5 nitrogen and oxygen atoms in total. The van der Waals surface area contributed by atoms with Crippen molar-refractivity contribution in [3.05, 3.63) is 45.8 Å². The number of rotatable bonds is 5. The fraction of sp³-hybridized carbons (Fsp3) is 0.278. The fourth-order valence-electron chi connectivity index (χ4n) is 2.08. The topological polar surface area (TPSA) is 74.2 Å². The first-order valence-electron chi connectivity index (χ1n) is 7.81. The first-order valence-corrected chi connectivity index (χ1v) is 9.04. The smallest absolute Gasteiger partial charge is 0.257 e. The number of nitrogens with one attached hydrogen (secondary N) is 2. The predicted molar refractivity (Wildman–Crippen MR) is 104 cm³/mol. The highest BCUT2D eigenvalue weighted by molar-refractivity contribution is 7.80. The van der Waals surface area contributed by atoms with E-state index in [1.54, 1.807) is 24.3 Å². The van der Waals surface area contributed by atoms with Gasteiger partial charge >= 0.3 is 0 Å². The minimum Gasteiger partial charge on any atom is -0.494 e. The van der Waals surface area contributed by atoms with Crippen molar-refractivity contribution in [1.29, 1.82) is 5.26 Å². The lowest BCUT2D eigenvalue weighted by atomic mass is 10.2. The van der Waals surface area contributed by atoms with Gasteiger partial charge in [0.15, 0.2) is 5.11 Å². The number of ether oxygens (including phenoxy) is 1. The van der Waals surface area contributed by atoms with Gasteiger partial charge in [0.25, 0.3) is 5.91 Å². The lowest BCUT2D eigenvalue weighted by molar-refractivity contribution is 0.0977. The second-order valence-electron chi connectivity index (χ2n) is 5.38. The molecule has 2 aromatic rings. The Morgan fingerprint density at radius 2 is 2.00 bits per heavy atom. The minimum absolute atomic E-state index is 0.161. The Morgan fingerprint density at radius 1 is 1.32 bits per heavy atom. The second-order valence-corrected chi connectivity index (χ2v) is 7.01. The van der Waals surface area contributed by atoms with Gasteiger partial charge in [-0.2, -0.15) is 5.26 Å². The first-order chi connectivity index (χ1) is 12.0. The lowest BCUT2D eigenvalue weighted by Crippen LogP contribution is -2.34. The Kier molecular flexibility index (Phi) is 6.51. The summed E-state index contributed by atoms with van der Waals surface area (Å²) in [5.41, 5.74) is 1.95. The molecule has 0 fully saturated rings. The Morgan fingerprint density at radius 3 is 2.60 bits per heavy atom. The Labute approximate surface area is 156 Å². The minimum atomic E-state index is -0.317. The number of nitrogens with zero attached hydrogens (tertiary/aromatic N) is 1. The monoisotopic (exact) mass is 373 g/mol. The molecule has 25 heavy (non-hydrogen) atoms. The van der Waals surface area contributed by atoms with Crippen molar-refractivity contribution in [3.8, 4) is 11.8 Å². The number of amides is 1. The molecule has 0 bridgehead atoms.